The summed E-state index contributed by atoms with van der Waals surface area (Å²) in [6.45, 7) is 6.36. The Labute approximate surface area is 178 Å². The van der Waals surface area contributed by atoms with E-state index >= 15 is 0 Å². The smallest absolute Gasteiger partial charge is 0.174 e. The zero-order valence-corrected chi connectivity index (χ0v) is 18.4. The van der Waals surface area contributed by atoms with Gasteiger partial charge in [-0.1, -0.05) is 18.2 Å². The summed E-state index contributed by atoms with van der Waals surface area (Å²) < 4.78 is 1.25. The van der Waals surface area contributed by atoms with Gasteiger partial charge in [0, 0.05) is 32.4 Å². The molecule has 1 saturated heterocycles. The lowest BCUT2D eigenvalue weighted by Crippen LogP contribution is -2.29. The van der Waals surface area contributed by atoms with E-state index in [2.05, 4.69) is 93.9 Å². The normalized spacial score (nSPS) is 19.4. The highest BCUT2D eigenvalue weighted by atomic mass is 127. The summed E-state index contributed by atoms with van der Waals surface area (Å²) in [5.41, 5.74) is 6.94. The summed E-state index contributed by atoms with van der Waals surface area (Å²) >= 11 is 8.23. The highest BCUT2D eigenvalue weighted by Gasteiger charge is 2.42. The molecule has 3 aromatic rings. The van der Waals surface area contributed by atoms with Gasteiger partial charge in [-0.2, -0.15) is 0 Å². The Morgan fingerprint density at radius 3 is 2.52 bits per heavy atom. The largest absolute Gasteiger partial charge is 0.362 e. The van der Waals surface area contributed by atoms with Crippen LogP contribution < -0.4 is 10.2 Å². The topological polar surface area (TPSA) is 44.0 Å². The molecule has 4 rings (SSSR count). The predicted octanol–water partition coefficient (Wildman–Crippen LogP) is 5.12. The number of nitrogens with zero attached hydrogens (tertiary/aromatic N) is 2. The molecule has 0 radical (unpaired) electrons. The number of aryl methyl sites for hydroxylation is 3. The van der Waals surface area contributed by atoms with Gasteiger partial charge in [-0.3, -0.25) is 4.98 Å². The van der Waals surface area contributed by atoms with Crippen molar-refractivity contribution >= 4 is 45.6 Å². The van der Waals surface area contributed by atoms with Crippen LogP contribution in [0.15, 0.2) is 48.7 Å². The van der Waals surface area contributed by atoms with Crippen molar-refractivity contribution in [1.82, 2.24) is 15.3 Å². The molecule has 0 spiro atoms. The van der Waals surface area contributed by atoms with E-state index in [1.165, 1.54) is 26.1 Å². The number of aromatic amines is 1. The Bertz CT molecular complexity index is 999. The molecule has 4 nitrogen and oxygen atoms in total. The lowest BCUT2D eigenvalue weighted by Gasteiger charge is -2.28. The van der Waals surface area contributed by atoms with Gasteiger partial charge < -0.3 is 15.2 Å². The summed E-state index contributed by atoms with van der Waals surface area (Å²) in [5.74, 6) is 0. The van der Waals surface area contributed by atoms with Crippen LogP contribution in [0.4, 0.5) is 5.69 Å². The van der Waals surface area contributed by atoms with Crippen LogP contribution in [0.25, 0.3) is 0 Å². The molecule has 1 aromatic carbocycles. The molecule has 3 heterocycles. The van der Waals surface area contributed by atoms with Crippen LogP contribution in [-0.4, -0.2) is 15.1 Å². The average molecular weight is 488 g/mol. The first-order valence-electron chi connectivity index (χ1n) is 8.89. The second kappa shape index (κ2) is 7.24. The summed E-state index contributed by atoms with van der Waals surface area (Å²) in [5, 5.41) is 4.26. The number of aromatic nitrogens is 2. The number of pyridine rings is 1. The van der Waals surface area contributed by atoms with Gasteiger partial charge in [-0.05, 0) is 85.4 Å². The monoisotopic (exact) mass is 488 g/mol. The van der Waals surface area contributed by atoms with Crippen molar-refractivity contribution in [3.63, 3.8) is 0 Å². The van der Waals surface area contributed by atoms with Crippen LogP contribution in [0.2, 0.25) is 0 Å². The van der Waals surface area contributed by atoms with E-state index in [4.69, 9.17) is 12.2 Å². The molecule has 138 valence electrons. The first-order valence-corrected chi connectivity index (χ1v) is 10.4. The molecule has 0 bridgehead atoms. The van der Waals surface area contributed by atoms with E-state index in [1.54, 1.807) is 0 Å². The van der Waals surface area contributed by atoms with E-state index in [0.29, 0.717) is 0 Å². The van der Waals surface area contributed by atoms with Crippen molar-refractivity contribution in [3.8, 4) is 0 Å². The molecule has 0 aliphatic carbocycles. The number of halogens is 1. The number of nitrogens with one attached hydrogen (secondary N) is 2. The minimum atomic E-state index is -0.0124. The lowest BCUT2D eigenvalue weighted by atomic mass is 9.96. The van der Waals surface area contributed by atoms with Gasteiger partial charge in [0.1, 0.15) is 0 Å². The standard InChI is InChI=1S/C21H21IN4S/c1-12-7-6-8-15(11-12)26-20(17-13(2)24-14(3)18(17)22)19(25-21(26)27)16-9-4-5-10-23-16/h4-11,19-20,24H,1-3H3,(H,25,27)/t19-,20-/m1/s1. The quantitative estimate of drug-likeness (QED) is 0.397. The SMILES string of the molecule is Cc1cccc(N2C(=S)N[C@H](c3ccccn3)[C@H]2c2c(C)[nH]c(C)c2I)c1. The Morgan fingerprint density at radius 1 is 1.07 bits per heavy atom. The molecule has 27 heavy (non-hydrogen) atoms. The van der Waals surface area contributed by atoms with Gasteiger partial charge in [-0.15, -0.1) is 0 Å². The minimum Gasteiger partial charge on any atom is -0.362 e. The number of hydrogen-bond donors (Lipinski definition) is 2. The fourth-order valence-electron chi connectivity index (χ4n) is 3.83. The Kier molecular flexibility index (Phi) is 4.94. The van der Waals surface area contributed by atoms with E-state index in [1.807, 2.05) is 18.3 Å². The molecular weight excluding hydrogens is 467 g/mol. The molecule has 1 aliphatic heterocycles. The van der Waals surface area contributed by atoms with Crippen molar-refractivity contribution < 1.29 is 0 Å². The maximum Gasteiger partial charge on any atom is 0.174 e. The maximum absolute atomic E-state index is 5.79. The van der Waals surface area contributed by atoms with Crippen LogP contribution in [0.3, 0.4) is 0 Å². The number of anilines is 1. The van der Waals surface area contributed by atoms with Gasteiger partial charge in [-0.25, -0.2) is 0 Å². The molecule has 0 saturated carbocycles. The molecule has 2 N–H and O–H groups in total. The lowest BCUT2D eigenvalue weighted by molar-refractivity contribution is 0.564. The molecule has 1 aliphatic rings. The highest BCUT2D eigenvalue weighted by molar-refractivity contribution is 14.1. The van der Waals surface area contributed by atoms with Gasteiger partial charge in [0.2, 0.25) is 0 Å². The molecule has 0 amide bonds. The Balaban J connectivity index is 1.91. The van der Waals surface area contributed by atoms with Crippen molar-refractivity contribution in [1.29, 1.82) is 0 Å². The summed E-state index contributed by atoms with van der Waals surface area (Å²) in [6, 6.07) is 14.6. The van der Waals surface area contributed by atoms with Gasteiger partial charge in [0.15, 0.2) is 5.11 Å². The average Bonchev–Trinajstić information content (AvgIpc) is 3.11. The first-order chi connectivity index (χ1) is 13.0. The van der Waals surface area contributed by atoms with Crippen LogP contribution >= 0.6 is 34.8 Å². The Morgan fingerprint density at radius 2 is 1.89 bits per heavy atom. The molecule has 2 aromatic heterocycles. The maximum atomic E-state index is 5.79. The zero-order chi connectivity index (χ0) is 19.1. The highest BCUT2D eigenvalue weighted by Crippen LogP contribution is 2.44. The molecule has 1 fully saturated rings. The molecule has 2 atom stereocenters. The Hall–Kier alpha value is -1.93. The van der Waals surface area contributed by atoms with Crippen molar-refractivity contribution in [2.24, 2.45) is 0 Å². The number of H-pyrrole nitrogens is 1. The van der Waals surface area contributed by atoms with Gasteiger partial charge >= 0.3 is 0 Å². The minimum absolute atomic E-state index is 0.0124. The zero-order valence-electron chi connectivity index (χ0n) is 15.5. The number of thiocarbonyl (C=S) groups is 1. The van der Waals surface area contributed by atoms with E-state index in [-0.39, 0.29) is 12.1 Å². The summed E-state index contributed by atoms with van der Waals surface area (Å²) in [4.78, 5) is 10.4. The van der Waals surface area contributed by atoms with Crippen LogP contribution in [0.1, 0.15) is 40.3 Å². The third-order valence-electron chi connectivity index (χ3n) is 5.02. The fourth-order valence-corrected chi connectivity index (χ4v) is 5.03. The van der Waals surface area contributed by atoms with E-state index < -0.39 is 0 Å². The van der Waals surface area contributed by atoms with Crippen LogP contribution in [0, 0.1) is 24.3 Å². The van der Waals surface area contributed by atoms with Gasteiger partial charge in [0.05, 0.1) is 17.8 Å². The fraction of sp³-hybridized carbons (Fsp3) is 0.238. The van der Waals surface area contributed by atoms with Crippen LogP contribution in [-0.2, 0) is 0 Å². The van der Waals surface area contributed by atoms with E-state index in [0.717, 1.165) is 16.5 Å². The van der Waals surface area contributed by atoms with Crippen molar-refractivity contribution in [3.05, 3.63) is 80.4 Å². The van der Waals surface area contributed by atoms with Crippen LogP contribution in [0.5, 0.6) is 0 Å². The number of benzene rings is 1. The molecule has 6 heteroatoms. The van der Waals surface area contributed by atoms with E-state index in [9.17, 15) is 0 Å². The first kappa shape index (κ1) is 18.4. The third-order valence-corrected chi connectivity index (χ3v) is 6.72. The summed E-state index contributed by atoms with van der Waals surface area (Å²) in [6.07, 6.45) is 1.84. The predicted molar refractivity (Wildman–Crippen MR) is 122 cm³/mol. The number of hydrogen-bond acceptors (Lipinski definition) is 2. The van der Waals surface area contributed by atoms with Gasteiger partial charge in [0.25, 0.3) is 0 Å². The van der Waals surface area contributed by atoms with Crippen molar-refractivity contribution in [2.75, 3.05) is 4.90 Å². The second-order valence-electron chi connectivity index (χ2n) is 6.94. The molecular formula is C21H21IN4S. The van der Waals surface area contributed by atoms with Crippen molar-refractivity contribution in [2.45, 2.75) is 32.9 Å². The summed E-state index contributed by atoms with van der Waals surface area (Å²) in [7, 11) is 0. The number of rotatable bonds is 3. The second-order valence-corrected chi connectivity index (χ2v) is 8.40. The third kappa shape index (κ3) is 3.25. The molecule has 0 unspecified atom stereocenters.